The molecule has 3 rings (SSSR count). The van der Waals surface area contributed by atoms with E-state index in [9.17, 15) is 18.3 Å². The lowest BCUT2D eigenvalue weighted by Crippen LogP contribution is -2.34. The smallest absolute Gasteiger partial charge is 0.310 e. The molecule has 2 aliphatic rings. The Morgan fingerprint density at radius 2 is 2.00 bits per heavy atom. The van der Waals surface area contributed by atoms with E-state index < -0.39 is 21.4 Å². The summed E-state index contributed by atoms with van der Waals surface area (Å²) in [5.41, 5.74) is 1.35. The summed E-state index contributed by atoms with van der Waals surface area (Å²) < 4.78 is 26.7. The summed E-state index contributed by atoms with van der Waals surface area (Å²) in [7, 11) is -3.59. The number of aliphatic carboxylic acids is 1. The maximum Gasteiger partial charge on any atom is 0.310 e. The molecule has 1 N–H and O–H groups in total. The van der Waals surface area contributed by atoms with Crippen LogP contribution in [0.5, 0.6) is 0 Å². The largest absolute Gasteiger partial charge is 0.481 e. The summed E-state index contributed by atoms with van der Waals surface area (Å²) in [4.78, 5) is 11.6. The second-order valence-electron chi connectivity index (χ2n) is 6.24. The second-order valence-corrected chi connectivity index (χ2v) is 8.18. The van der Waals surface area contributed by atoms with Gasteiger partial charge in [-0.1, -0.05) is 6.07 Å². The van der Waals surface area contributed by atoms with Gasteiger partial charge in [-0.2, -0.15) is 4.31 Å². The lowest BCUT2D eigenvalue weighted by molar-refractivity contribution is -0.146. The summed E-state index contributed by atoms with van der Waals surface area (Å²) in [6.07, 6.45) is 3.36. The topological polar surface area (TPSA) is 74.7 Å². The number of fused-ring (bicyclic) bond motifs is 1. The van der Waals surface area contributed by atoms with Gasteiger partial charge in [0, 0.05) is 13.1 Å². The summed E-state index contributed by atoms with van der Waals surface area (Å²) in [6, 6.07) is 5.30. The maximum atomic E-state index is 12.7. The van der Waals surface area contributed by atoms with E-state index in [1.807, 2.05) is 6.07 Å². The van der Waals surface area contributed by atoms with E-state index in [1.165, 1.54) is 9.87 Å². The molecule has 1 heterocycles. The highest BCUT2D eigenvalue weighted by molar-refractivity contribution is 7.89. The Kier molecular flexibility index (Phi) is 3.33. The monoisotopic (exact) mass is 309 g/mol. The third kappa shape index (κ3) is 2.36. The van der Waals surface area contributed by atoms with Gasteiger partial charge in [0.2, 0.25) is 10.0 Å². The fraction of sp³-hybridized carbons (Fsp3) is 0.533. The number of nitrogens with zero attached hydrogens (tertiary/aromatic N) is 1. The van der Waals surface area contributed by atoms with E-state index in [4.69, 9.17) is 0 Å². The van der Waals surface area contributed by atoms with Crippen molar-refractivity contribution in [2.75, 3.05) is 13.1 Å². The molecule has 1 atom stereocenters. The zero-order valence-electron chi connectivity index (χ0n) is 12.0. The van der Waals surface area contributed by atoms with E-state index >= 15 is 0 Å². The van der Waals surface area contributed by atoms with Crippen LogP contribution in [0.15, 0.2) is 23.1 Å². The molecule has 1 fully saturated rings. The molecule has 1 aliphatic heterocycles. The van der Waals surface area contributed by atoms with Crippen molar-refractivity contribution in [3.63, 3.8) is 0 Å². The van der Waals surface area contributed by atoms with Gasteiger partial charge in [0.1, 0.15) is 0 Å². The highest BCUT2D eigenvalue weighted by Crippen LogP contribution is 2.34. The first kappa shape index (κ1) is 14.5. The van der Waals surface area contributed by atoms with Crippen LogP contribution in [0.2, 0.25) is 0 Å². The summed E-state index contributed by atoms with van der Waals surface area (Å²) in [5, 5.41) is 9.23. The fourth-order valence-corrected chi connectivity index (χ4v) is 4.77. The SMILES string of the molecule is CC1(C(=O)O)CCN(S(=O)(=O)c2ccc3c(c2)CCC3)C1. The van der Waals surface area contributed by atoms with Crippen LogP contribution in [0.3, 0.4) is 0 Å². The van der Waals surface area contributed by atoms with Crippen molar-refractivity contribution in [2.45, 2.75) is 37.5 Å². The molecule has 114 valence electrons. The predicted octanol–water partition coefficient (Wildman–Crippen LogP) is 1.66. The second kappa shape index (κ2) is 4.81. The molecule has 1 unspecified atom stereocenters. The van der Waals surface area contributed by atoms with Gasteiger partial charge in [-0.3, -0.25) is 4.79 Å². The van der Waals surface area contributed by atoms with E-state index in [2.05, 4.69) is 0 Å². The number of aryl methyl sites for hydroxylation is 2. The van der Waals surface area contributed by atoms with E-state index in [1.54, 1.807) is 19.1 Å². The Balaban J connectivity index is 1.90. The maximum absolute atomic E-state index is 12.7. The molecule has 21 heavy (non-hydrogen) atoms. The van der Waals surface area contributed by atoms with Crippen LogP contribution in [0, 0.1) is 5.41 Å². The standard InChI is InChI=1S/C15H19NO4S/c1-15(14(17)18)7-8-16(10-15)21(19,20)13-6-5-11-3-2-4-12(11)9-13/h5-6,9H,2-4,7-8,10H2,1H3,(H,17,18). The minimum Gasteiger partial charge on any atom is -0.481 e. The van der Waals surface area contributed by atoms with Gasteiger partial charge in [0.05, 0.1) is 10.3 Å². The minimum atomic E-state index is -3.59. The van der Waals surface area contributed by atoms with Crippen molar-refractivity contribution in [1.82, 2.24) is 4.31 Å². The number of benzene rings is 1. The Labute approximate surface area is 124 Å². The normalized spacial score (nSPS) is 26.0. The minimum absolute atomic E-state index is 0.0434. The Bertz CT molecular complexity index is 698. The lowest BCUT2D eigenvalue weighted by atomic mass is 9.90. The molecule has 0 saturated carbocycles. The molecule has 1 aromatic carbocycles. The molecule has 0 radical (unpaired) electrons. The number of hydrogen-bond donors (Lipinski definition) is 1. The molecule has 5 nitrogen and oxygen atoms in total. The van der Waals surface area contributed by atoms with Crippen molar-refractivity contribution in [3.8, 4) is 0 Å². The van der Waals surface area contributed by atoms with E-state index in [-0.39, 0.29) is 18.0 Å². The molecule has 0 amide bonds. The van der Waals surface area contributed by atoms with Crippen LogP contribution in [0.25, 0.3) is 0 Å². The number of sulfonamides is 1. The molecule has 0 aromatic heterocycles. The third-order valence-corrected chi connectivity index (χ3v) is 6.50. The number of carboxylic acid groups (broad SMARTS) is 1. The molecule has 6 heteroatoms. The van der Waals surface area contributed by atoms with Crippen molar-refractivity contribution in [3.05, 3.63) is 29.3 Å². The molecule has 0 bridgehead atoms. The van der Waals surface area contributed by atoms with Crippen molar-refractivity contribution >= 4 is 16.0 Å². The van der Waals surface area contributed by atoms with Crippen LogP contribution in [-0.2, 0) is 27.7 Å². The summed E-state index contributed by atoms with van der Waals surface area (Å²) in [6.45, 7) is 1.91. The number of carbonyl (C=O) groups is 1. The van der Waals surface area contributed by atoms with Gasteiger partial charge in [-0.15, -0.1) is 0 Å². The van der Waals surface area contributed by atoms with Gasteiger partial charge in [0.25, 0.3) is 0 Å². The van der Waals surface area contributed by atoms with E-state index in [0.717, 1.165) is 24.8 Å². The predicted molar refractivity (Wildman–Crippen MR) is 77.6 cm³/mol. The summed E-state index contributed by atoms with van der Waals surface area (Å²) >= 11 is 0. The summed E-state index contributed by atoms with van der Waals surface area (Å²) in [5.74, 6) is -0.936. The van der Waals surface area contributed by atoms with Gasteiger partial charge in [0.15, 0.2) is 0 Å². The number of hydrogen-bond acceptors (Lipinski definition) is 3. The Morgan fingerprint density at radius 1 is 1.29 bits per heavy atom. The van der Waals surface area contributed by atoms with Gasteiger partial charge >= 0.3 is 5.97 Å². The van der Waals surface area contributed by atoms with Crippen LogP contribution >= 0.6 is 0 Å². The Hall–Kier alpha value is -1.40. The first-order chi connectivity index (χ1) is 9.83. The Morgan fingerprint density at radius 3 is 2.67 bits per heavy atom. The molecule has 0 spiro atoms. The lowest BCUT2D eigenvalue weighted by Gasteiger charge is -2.20. The fourth-order valence-electron chi connectivity index (χ4n) is 3.16. The van der Waals surface area contributed by atoms with Crippen LogP contribution in [0.1, 0.15) is 30.9 Å². The quantitative estimate of drug-likeness (QED) is 0.921. The first-order valence-corrected chi connectivity index (χ1v) is 8.62. The molecule has 1 aromatic rings. The highest BCUT2D eigenvalue weighted by Gasteiger charge is 2.44. The van der Waals surface area contributed by atoms with E-state index in [0.29, 0.717) is 6.42 Å². The van der Waals surface area contributed by atoms with Crippen molar-refractivity contribution in [1.29, 1.82) is 0 Å². The average molecular weight is 309 g/mol. The molecule has 1 aliphatic carbocycles. The van der Waals surface area contributed by atoms with Crippen LogP contribution in [-0.4, -0.2) is 36.9 Å². The van der Waals surface area contributed by atoms with Crippen LogP contribution < -0.4 is 0 Å². The average Bonchev–Trinajstić information content (AvgIpc) is 3.05. The van der Waals surface area contributed by atoms with Gasteiger partial charge < -0.3 is 5.11 Å². The molecular weight excluding hydrogens is 290 g/mol. The molecular formula is C15H19NO4S. The zero-order valence-corrected chi connectivity index (χ0v) is 12.8. The first-order valence-electron chi connectivity index (χ1n) is 7.18. The van der Waals surface area contributed by atoms with Crippen LogP contribution in [0.4, 0.5) is 0 Å². The van der Waals surface area contributed by atoms with Gasteiger partial charge in [-0.05, 0) is 55.9 Å². The van der Waals surface area contributed by atoms with Gasteiger partial charge in [-0.25, -0.2) is 8.42 Å². The highest BCUT2D eigenvalue weighted by atomic mass is 32.2. The van der Waals surface area contributed by atoms with Crippen molar-refractivity contribution < 1.29 is 18.3 Å². The zero-order chi connectivity index (χ0) is 15.3. The molecule has 1 saturated heterocycles. The third-order valence-electron chi connectivity index (χ3n) is 4.66. The number of rotatable bonds is 3. The van der Waals surface area contributed by atoms with Crippen molar-refractivity contribution in [2.24, 2.45) is 5.41 Å². The number of carboxylic acids is 1.